The first-order chi connectivity index (χ1) is 12.6. The van der Waals surface area contributed by atoms with Gasteiger partial charge in [-0.2, -0.15) is 0 Å². The molecule has 2 heterocycles. The Kier molecular flexibility index (Phi) is 6.12. The Balaban J connectivity index is 1.54. The summed E-state index contributed by atoms with van der Waals surface area (Å²) in [6.45, 7) is 2.40. The van der Waals surface area contributed by atoms with Crippen molar-refractivity contribution in [1.82, 2.24) is 15.2 Å². The monoisotopic (exact) mass is 371 g/mol. The SMILES string of the molecule is C[C@H](NC(=O)CN1CSCC1=O)c1cccc(OCc2ccccn2)c1. The van der Waals surface area contributed by atoms with E-state index in [1.54, 1.807) is 11.1 Å². The normalized spacial score (nSPS) is 15.0. The van der Waals surface area contributed by atoms with Gasteiger partial charge in [0.05, 0.1) is 23.4 Å². The van der Waals surface area contributed by atoms with Crippen LogP contribution in [0.15, 0.2) is 48.7 Å². The van der Waals surface area contributed by atoms with Gasteiger partial charge in [0.1, 0.15) is 18.9 Å². The third kappa shape index (κ3) is 4.98. The maximum absolute atomic E-state index is 12.2. The highest BCUT2D eigenvalue weighted by Gasteiger charge is 2.23. The van der Waals surface area contributed by atoms with Crippen LogP contribution in [0.2, 0.25) is 0 Å². The Morgan fingerprint density at radius 2 is 2.23 bits per heavy atom. The Morgan fingerprint density at radius 1 is 1.35 bits per heavy atom. The zero-order valence-electron chi connectivity index (χ0n) is 14.6. The Hall–Kier alpha value is -2.54. The third-order valence-corrected chi connectivity index (χ3v) is 4.95. The molecule has 0 radical (unpaired) electrons. The average Bonchev–Trinajstić information content (AvgIpc) is 3.05. The number of ether oxygens (including phenoxy) is 1. The number of aromatic nitrogens is 1. The van der Waals surface area contributed by atoms with E-state index in [0.29, 0.717) is 18.2 Å². The molecule has 1 saturated heterocycles. The molecule has 136 valence electrons. The number of carbonyl (C=O) groups excluding carboxylic acids is 2. The molecule has 1 atom stereocenters. The van der Waals surface area contributed by atoms with Crippen LogP contribution in [0.5, 0.6) is 5.75 Å². The molecule has 26 heavy (non-hydrogen) atoms. The van der Waals surface area contributed by atoms with Crippen LogP contribution in [0.1, 0.15) is 24.2 Å². The highest BCUT2D eigenvalue weighted by atomic mass is 32.2. The summed E-state index contributed by atoms with van der Waals surface area (Å²) < 4.78 is 5.78. The predicted octanol–water partition coefficient (Wildman–Crippen LogP) is 2.37. The number of amides is 2. The molecule has 0 saturated carbocycles. The lowest BCUT2D eigenvalue weighted by Crippen LogP contribution is -2.39. The van der Waals surface area contributed by atoms with Crippen molar-refractivity contribution >= 4 is 23.6 Å². The number of benzene rings is 1. The molecular weight excluding hydrogens is 350 g/mol. The van der Waals surface area contributed by atoms with Gasteiger partial charge in [0.25, 0.3) is 0 Å². The summed E-state index contributed by atoms with van der Waals surface area (Å²) in [6, 6.07) is 13.1. The second-order valence-corrected chi connectivity index (χ2v) is 7.00. The van der Waals surface area contributed by atoms with Gasteiger partial charge in [0.2, 0.25) is 11.8 Å². The Bertz CT molecular complexity index is 770. The molecule has 2 amide bonds. The summed E-state index contributed by atoms with van der Waals surface area (Å²) in [5.41, 5.74) is 1.80. The van der Waals surface area contributed by atoms with E-state index < -0.39 is 0 Å². The van der Waals surface area contributed by atoms with Crippen molar-refractivity contribution in [3.05, 3.63) is 59.9 Å². The fourth-order valence-electron chi connectivity index (χ4n) is 2.60. The van der Waals surface area contributed by atoms with Crippen LogP contribution in [-0.4, -0.2) is 39.9 Å². The highest BCUT2D eigenvalue weighted by molar-refractivity contribution is 8.00. The number of hydrogen-bond donors (Lipinski definition) is 1. The Morgan fingerprint density at radius 3 is 2.96 bits per heavy atom. The minimum absolute atomic E-state index is 0.0164. The molecule has 1 aliphatic heterocycles. The second-order valence-electron chi connectivity index (χ2n) is 6.04. The zero-order chi connectivity index (χ0) is 18.4. The molecule has 7 heteroatoms. The highest BCUT2D eigenvalue weighted by Crippen LogP contribution is 2.20. The number of rotatable bonds is 7. The third-order valence-electron chi connectivity index (χ3n) is 4.01. The summed E-state index contributed by atoms with van der Waals surface area (Å²) in [5, 5.41) is 2.93. The summed E-state index contributed by atoms with van der Waals surface area (Å²) in [5.74, 6) is 1.62. The van der Waals surface area contributed by atoms with Crippen LogP contribution in [0.4, 0.5) is 0 Å². The van der Waals surface area contributed by atoms with Gasteiger partial charge in [-0.25, -0.2) is 0 Å². The molecule has 0 bridgehead atoms. The van der Waals surface area contributed by atoms with Gasteiger partial charge >= 0.3 is 0 Å². The van der Waals surface area contributed by atoms with Crippen molar-refractivity contribution in [1.29, 1.82) is 0 Å². The largest absolute Gasteiger partial charge is 0.487 e. The first kappa shape index (κ1) is 18.3. The van der Waals surface area contributed by atoms with E-state index in [1.807, 2.05) is 49.4 Å². The fourth-order valence-corrected chi connectivity index (χ4v) is 3.50. The zero-order valence-corrected chi connectivity index (χ0v) is 15.4. The summed E-state index contributed by atoms with van der Waals surface area (Å²) in [6.07, 6.45) is 1.73. The van der Waals surface area contributed by atoms with Crippen molar-refractivity contribution in [2.45, 2.75) is 19.6 Å². The van der Waals surface area contributed by atoms with E-state index >= 15 is 0 Å². The molecule has 1 aromatic heterocycles. The molecule has 1 N–H and O–H groups in total. The maximum Gasteiger partial charge on any atom is 0.240 e. The summed E-state index contributed by atoms with van der Waals surface area (Å²) in [4.78, 5) is 29.6. The van der Waals surface area contributed by atoms with Gasteiger partial charge in [-0.05, 0) is 36.8 Å². The fraction of sp³-hybridized carbons (Fsp3) is 0.316. The quantitative estimate of drug-likeness (QED) is 0.809. The van der Waals surface area contributed by atoms with Crippen molar-refractivity contribution in [3.63, 3.8) is 0 Å². The average molecular weight is 371 g/mol. The van der Waals surface area contributed by atoms with Gasteiger partial charge in [-0.3, -0.25) is 14.6 Å². The molecule has 2 aromatic rings. The van der Waals surface area contributed by atoms with Crippen LogP contribution < -0.4 is 10.1 Å². The molecule has 1 aromatic carbocycles. The van der Waals surface area contributed by atoms with Gasteiger partial charge < -0.3 is 15.0 Å². The van der Waals surface area contributed by atoms with E-state index in [-0.39, 0.29) is 24.4 Å². The number of thioether (sulfide) groups is 1. The van der Waals surface area contributed by atoms with Crippen molar-refractivity contribution in [2.24, 2.45) is 0 Å². The molecule has 6 nitrogen and oxygen atoms in total. The van der Waals surface area contributed by atoms with E-state index in [2.05, 4.69) is 10.3 Å². The summed E-state index contributed by atoms with van der Waals surface area (Å²) >= 11 is 1.53. The van der Waals surface area contributed by atoms with Crippen LogP contribution in [0, 0.1) is 0 Å². The van der Waals surface area contributed by atoms with Crippen molar-refractivity contribution < 1.29 is 14.3 Å². The molecule has 1 fully saturated rings. The minimum atomic E-state index is -0.175. The predicted molar refractivity (Wildman–Crippen MR) is 101 cm³/mol. The molecule has 0 aliphatic carbocycles. The van der Waals surface area contributed by atoms with E-state index in [1.165, 1.54) is 11.8 Å². The lowest BCUT2D eigenvalue weighted by molar-refractivity contribution is -0.132. The number of nitrogens with one attached hydrogen (secondary N) is 1. The van der Waals surface area contributed by atoms with Crippen molar-refractivity contribution in [2.75, 3.05) is 18.2 Å². The van der Waals surface area contributed by atoms with Gasteiger partial charge in [-0.1, -0.05) is 18.2 Å². The van der Waals surface area contributed by atoms with E-state index in [0.717, 1.165) is 17.0 Å². The number of pyridine rings is 1. The Labute approximate surface area is 156 Å². The van der Waals surface area contributed by atoms with E-state index in [4.69, 9.17) is 4.74 Å². The number of hydrogen-bond acceptors (Lipinski definition) is 5. The van der Waals surface area contributed by atoms with Gasteiger partial charge in [0.15, 0.2) is 0 Å². The standard InChI is InChI=1S/C19H21N3O3S/c1-14(21-18(23)10-22-13-26-12-19(22)24)15-5-4-7-17(9-15)25-11-16-6-2-3-8-20-16/h2-9,14H,10-13H2,1H3,(H,21,23)/t14-/m0/s1. The first-order valence-electron chi connectivity index (χ1n) is 8.39. The lowest BCUT2D eigenvalue weighted by Gasteiger charge is -2.18. The van der Waals surface area contributed by atoms with Gasteiger partial charge in [-0.15, -0.1) is 11.8 Å². The van der Waals surface area contributed by atoms with Crippen molar-refractivity contribution in [3.8, 4) is 5.75 Å². The first-order valence-corrected chi connectivity index (χ1v) is 9.55. The van der Waals surface area contributed by atoms with Crippen LogP contribution in [-0.2, 0) is 16.2 Å². The maximum atomic E-state index is 12.2. The summed E-state index contributed by atoms with van der Waals surface area (Å²) in [7, 11) is 0. The minimum Gasteiger partial charge on any atom is -0.487 e. The van der Waals surface area contributed by atoms with Gasteiger partial charge in [0, 0.05) is 6.20 Å². The smallest absolute Gasteiger partial charge is 0.240 e. The molecule has 0 spiro atoms. The van der Waals surface area contributed by atoms with Crippen LogP contribution >= 0.6 is 11.8 Å². The van der Waals surface area contributed by atoms with Crippen LogP contribution in [0.25, 0.3) is 0 Å². The number of carbonyl (C=O) groups is 2. The lowest BCUT2D eigenvalue weighted by atomic mass is 10.1. The molecule has 0 unspecified atom stereocenters. The molecular formula is C19H21N3O3S. The number of nitrogens with zero attached hydrogens (tertiary/aromatic N) is 2. The molecule has 1 aliphatic rings. The second kappa shape index (κ2) is 8.71. The molecule has 3 rings (SSSR count). The van der Waals surface area contributed by atoms with E-state index in [9.17, 15) is 9.59 Å². The van der Waals surface area contributed by atoms with Crippen LogP contribution in [0.3, 0.4) is 0 Å². The topological polar surface area (TPSA) is 71.5 Å².